The standard InChI is InChI=1S/C19H24N2O3/c1-3-24-17(22)9-10-20-19(23)14-6-4-5-13-15-11-12(2)7-8-16(15)21-18(13)14/h4-6,12,21H,3,7-11H2,1-2H3,(H,20,23)/t12-/m1/s1. The van der Waals surface area contributed by atoms with Crippen LogP contribution < -0.4 is 5.32 Å². The van der Waals surface area contributed by atoms with Gasteiger partial charge in [-0.15, -0.1) is 0 Å². The Bertz CT molecular complexity index is 763. The van der Waals surface area contributed by atoms with Crippen molar-refractivity contribution in [3.8, 4) is 0 Å². The number of para-hydroxylation sites is 1. The maximum Gasteiger partial charge on any atom is 0.307 e. The maximum absolute atomic E-state index is 12.5. The van der Waals surface area contributed by atoms with E-state index < -0.39 is 0 Å². The van der Waals surface area contributed by atoms with Crippen LogP contribution in [0.2, 0.25) is 0 Å². The number of H-pyrrole nitrogens is 1. The van der Waals surface area contributed by atoms with Crippen molar-refractivity contribution in [1.29, 1.82) is 0 Å². The fourth-order valence-corrected chi connectivity index (χ4v) is 3.41. The lowest BCUT2D eigenvalue weighted by atomic mass is 9.87. The summed E-state index contributed by atoms with van der Waals surface area (Å²) in [6.07, 6.45) is 3.47. The number of aryl methyl sites for hydroxylation is 1. The molecule has 0 radical (unpaired) electrons. The fourth-order valence-electron chi connectivity index (χ4n) is 3.41. The van der Waals surface area contributed by atoms with Crippen molar-refractivity contribution in [2.24, 2.45) is 5.92 Å². The summed E-state index contributed by atoms with van der Waals surface area (Å²) in [5.74, 6) is 0.232. The highest BCUT2D eigenvalue weighted by molar-refractivity contribution is 6.06. The molecule has 0 aliphatic heterocycles. The molecule has 5 nitrogen and oxygen atoms in total. The van der Waals surface area contributed by atoms with Gasteiger partial charge in [-0.05, 0) is 43.7 Å². The Morgan fingerprint density at radius 2 is 2.21 bits per heavy atom. The van der Waals surface area contributed by atoms with Crippen molar-refractivity contribution < 1.29 is 14.3 Å². The van der Waals surface area contributed by atoms with Crippen molar-refractivity contribution >= 4 is 22.8 Å². The van der Waals surface area contributed by atoms with E-state index in [0.717, 1.165) is 23.7 Å². The number of hydrogen-bond acceptors (Lipinski definition) is 3. The van der Waals surface area contributed by atoms with E-state index >= 15 is 0 Å². The molecule has 1 aliphatic carbocycles. The van der Waals surface area contributed by atoms with Crippen LogP contribution >= 0.6 is 0 Å². The van der Waals surface area contributed by atoms with E-state index in [-0.39, 0.29) is 24.8 Å². The van der Waals surface area contributed by atoms with E-state index in [1.54, 1.807) is 6.92 Å². The highest BCUT2D eigenvalue weighted by atomic mass is 16.5. The van der Waals surface area contributed by atoms with Crippen LogP contribution in [0.1, 0.15) is 48.3 Å². The summed E-state index contributed by atoms with van der Waals surface area (Å²) >= 11 is 0. The zero-order chi connectivity index (χ0) is 17.1. The minimum atomic E-state index is -0.291. The number of aromatic nitrogens is 1. The Balaban J connectivity index is 1.77. The summed E-state index contributed by atoms with van der Waals surface area (Å²) in [6.45, 7) is 4.68. The number of carbonyl (C=O) groups excluding carboxylic acids is 2. The second-order valence-corrected chi connectivity index (χ2v) is 6.47. The minimum absolute atomic E-state index is 0.156. The van der Waals surface area contributed by atoms with E-state index in [1.807, 2.05) is 12.1 Å². The van der Waals surface area contributed by atoms with Crippen molar-refractivity contribution in [3.63, 3.8) is 0 Å². The van der Waals surface area contributed by atoms with Gasteiger partial charge in [0.15, 0.2) is 0 Å². The molecule has 1 amide bonds. The lowest BCUT2D eigenvalue weighted by molar-refractivity contribution is -0.142. The molecule has 2 N–H and O–H groups in total. The van der Waals surface area contributed by atoms with Gasteiger partial charge in [-0.2, -0.15) is 0 Å². The quantitative estimate of drug-likeness (QED) is 0.829. The molecule has 1 aliphatic rings. The number of hydrogen-bond donors (Lipinski definition) is 2. The SMILES string of the molecule is CCOC(=O)CCNC(=O)c1cccc2c3c([nH]c12)CC[C@@H](C)C3. The lowest BCUT2D eigenvalue weighted by Gasteiger charge is -2.17. The Labute approximate surface area is 141 Å². The second-order valence-electron chi connectivity index (χ2n) is 6.47. The summed E-state index contributed by atoms with van der Waals surface area (Å²) in [4.78, 5) is 27.3. The molecule has 0 saturated heterocycles. The van der Waals surface area contributed by atoms with Crippen LogP contribution in [0.3, 0.4) is 0 Å². The first-order chi connectivity index (χ1) is 11.6. The topological polar surface area (TPSA) is 71.2 Å². The Kier molecular flexibility index (Phi) is 4.88. The largest absolute Gasteiger partial charge is 0.466 e. The molecule has 0 unspecified atom stereocenters. The molecule has 0 bridgehead atoms. The Morgan fingerprint density at radius 3 is 3.00 bits per heavy atom. The monoisotopic (exact) mass is 328 g/mol. The van der Waals surface area contributed by atoms with Gasteiger partial charge < -0.3 is 15.0 Å². The number of benzene rings is 1. The number of amides is 1. The Morgan fingerprint density at radius 1 is 1.38 bits per heavy atom. The average Bonchev–Trinajstić information content (AvgIpc) is 2.93. The number of aromatic amines is 1. The molecule has 1 aromatic heterocycles. The predicted molar refractivity (Wildman–Crippen MR) is 93.1 cm³/mol. The zero-order valence-corrected chi connectivity index (χ0v) is 14.3. The predicted octanol–water partition coefficient (Wildman–Crippen LogP) is 2.98. The third-order valence-electron chi connectivity index (χ3n) is 4.63. The number of fused-ring (bicyclic) bond motifs is 3. The number of nitrogens with one attached hydrogen (secondary N) is 2. The highest BCUT2D eigenvalue weighted by Crippen LogP contribution is 2.32. The van der Waals surface area contributed by atoms with Gasteiger partial charge in [-0.3, -0.25) is 9.59 Å². The van der Waals surface area contributed by atoms with E-state index in [4.69, 9.17) is 4.74 Å². The minimum Gasteiger partial charge on any atom is -0.466 e. The molecule has 0 spiro atoms. The first-order valence-electron chi connectivity index (χ1n) is 8.66. The molecule has 0 saturated carbocycles. The first kappa shape index (κ1) is 16.6. The summed E-state index contributed by atoms with van der Waals surface area (Å²) in [6, 6.07) is 5.83. The number of esters is 1. The number of rotatable bonds is 5. The number of ether oxygens (including phenoxy) is 1. The molecule has 3 rings (SSSR count). The van der Waals surface area contributed by atoms with Gasteiger partial charge in [0.25, 0.3) is 5.91 Å². The van der Waals surface area contributed by atoms with Gasteiger partial charge in [-0.1, -0.05) is 19.1 Å². The van der Waals surface area contributed by atoms with Crippen LogP contribution in [-0.4, -0.2) is 30.0 Å². The molecular weight excluding hydrogens is 304 g/mol. The highest BCUT2D eigenvalue weighted by Gasteiger charge is 2.22. The van der Waals surface area contributed by atoms with E-state index in [0.29, 0.717) is 18.1 Å². The van der Waals surface area contributed by atoms with Crippen LogP contribution in [0, 0.1) is 5.92 Å². The van der Waals surface area contributed by atoms with Crippen molar-refractivity contribution in [2.45, 2.75) is 39.5 Å². The van der Waals surface area contributed by atoms with Crippen LogP contribution in [0.15, 0.2) is 18.2 Å². The summed E-state index contributed by atoms with van der Waals surface area (Å²) in [5.41, 5.74) is 4.16. The van der Waals surface area contributed by atoms with Crippen molar-refractivity contribution in [3.05, 3.63) is 35.0 Å². The first-order valence-corrected chi connectivity index (χ1v) is 8.66. The van der Waals surface area contributed by atoms with E-state index in [2.05, 4.69) is 23.3 Å². The Hall–Kier alpha value is -2.30. The normalized spacial score (nSPS) is 16.7. The summed E-state index contributed by atoms with van der Waals surface area (Å²) < 4.78 is 4.87. The second kappa shape index (κ2) is 7.07. The maximum atomic E-state index is 12.5. The third kappa shape index (κ3) is 3.30. The van der Waals surface area contributed by atoms with Gasteiger partial charge >= 0.3 is 5.97 Å². The van der Waals surface area contributed by atoms with Gasteiger partial charge in [0, 0.05) is 17.6 Å². The van der Waals surface area contributed by atoms with Crippen LogP contribution in [0.5, 0.6) is 0 Å². The molecule has 0 fully saturated rings. The smallest absolute Gasteiger partial charge is 0.307 e. The molecule has 128 valence electrons. The summed E-state index contributed by atoms with van der Waals surface area (Å²) in [7, 11) is 0. The average molecular weight is 328 g/mol. The van der Waals surface area contributed by atoms with E-state index in [1.165, 1.54) is 17.7 Å². The molecule has 2 aromatic rings. The van der Waals surface area contributed by atoms with E-state index in [9.17, 15) is 9.59 Å². The number of carbonyl (C=O) groups is 2. The van der Waals surface area contributed by atoms with Crippen molar-refractivity contribution in [2.75, 3.05) is 13.2 Å². The van der Waals surface area contributed by atoms with Gasteiger partial charge in [0.05, 0.1) is 24.1 Å². The zero-order valence-electron chi connectivity index (χ0n) is 14.3. The molecule has 5 heteroatoms. The third-order valence-corrected chi connectivity index (χ3v) is 4.63. The van der Waals surface area contributed by atoms with Gasteiger partial charge in [0.1, 0.15) is 0 Å². The van der Waals surface area contributed by atoms with Crippen LogP contribution in [0.4, 0.5) is 0 Å². The van der Waals surface area contributed by atoms with Gasteiger partial charge in [0.2, 0.25) is 0 Å². The lowest BCUT2D eigenvalue weighted by Crippen LogP contribution is -2.26. The molecule has 1 aromatic carbocycles. The van der Waals surface area contributed by atoms with Crippen molar-refractivity contribution in [1.82, 2.24) is 10.3 Å². The summed E-state index contributed by atoms with van der Waals surface area (Å²) in [5, 5.41) is 3.96. The molecule has 1 atom stereocenters. The van der Waals surface area contributed by atoms with Crippen LogP contribution in [-0.2, 0) is 22.4 Å². The molecule has 24 heavy (non-hydrogen) atoms. The fraction of sp³-hybridized carbons (Fsp3) is 0.474. The van der Waals surface area contributed by atoms with Gasteiger partial charge in [-0.25, -0.2) is 0 Å². The van der Waals surface area contributed by atoms with Crippen LogP contribution in [0.25, 0.3) is 10.9 Å². The molecular formula is C19H24N2O3. The molecule has 1 heterocycles.